The van der Waals surface area contributed by atoms with E-state index in [0.717, 1.165) is 0 Å². The summed E-state index contributed by atoms with van der Waals surface area (Å²) in [7, 11) is 1.25. The fourth-order valence-corrected chi connectivity index (χ4v) is 2.64. The highest BCUT2D eigenvalue weighted by atomic mass is 19.4. The highest BCUT2D eigenvalue weighted by Crippen LogP contribution is 2.15. The summed E-state index contributed by atoms with van der Waals surface area (Å²) in [6.45, 7) is 1.54. The third kappa shape index (κ3) is 5.98. The van der Waals surface area contributed by atoms with Crippen molar-refractivity contribution in [3.8, 4) is 0 Å². The van der Waals surface area contributed by atoms with E-state index in [1.807, 2.05) is 4.90 Å². The van der Waals surface area contributed by atoms with Gasteiger partial charge in [0.25, 0.3) is 0 Å². The van der Waals surface area contributed by atoms with Gasteiger partial charge in [0, 0.05) is 26.2 Å². The zero-order valence-electron chi connectivity index (χ0n) is 14.7. The Kier molecular flexibility index (Phi) is 6.83. The number of esters is 1. The first-order valence-corrected chi connectivity index (χ1v) is 8.23. The number of alkyl halides is 3. The number of carbonyl (C=O) groups excluding carboxylic acids is 3. The Morgan fingerprint density at radius 1 is 1.19 bits per heavy atom. The maximum atomic E-state index is 12.2. The molecule has 1 aromatic rings. The quantitative estimate of drug-likeness (QED) is 0.746. The van der Waals surface area contributed by atoms with Crippen LogP contribution in [0.25, 0.3) is 0 Å². The van der Waals surface area contributed by atoms with Crippen molar-refractivity contribution in [1.29, 1.82) is 0 Å². The van der Waals surface area contributed by atoms with Crippen molar-refractivity contribution in [2.75, 3.05) is 39.8 Å². The summed E-state index contributed by atoms with van der Waals surface area (Å²) in [5.41, 5.74) is 0. The van der Waals surface area contributed by atoms with Gasteiger partial charge in [0.1, 0.15) is 5.76 Å². The van der Waals surface area contributed by atoms with E-state index in [1.54, 1.807) is 11.4 Å². The van der Waals surface area contributed by atoms with Gasteiger partial charge in [0.2, 0.25) is 11.7 Å². The summed E-state index contributed by atoms with van der Waals surface area (Å²) >= 11 is 0. The topological polar surface area (TPSA) is 92.1 Å². The predicted octanol–water partition coefficient (Wildman–Crippen LogP) is 0.779. The molecule has 0 aliphatic carbocycles. The molecule has 150 valence electrons. The number of halogens is 3. The van der Waals surface area contributed by atoms with Crippen LogP contribution >= 0.6 is 0 Å². The molecule has 1 aliphatic heterocycles. The number of carbonyl (C=O) groups is 3. The van der Waals surface area contributed by atoms with Crippen molar-refractivity contribution in [2.24, 2.45) is 0 Å². The molecule has 11 heteroatoms. The van der Waals surface area contributed by atoms with Gasteiger partial charge >= 0.3 is 18.1 Å². The Morgan fingerprint density at radius 2 is 1.93 bits per heavy atom. The number of amides is 2. The fourth-order valence-electron chi connectivity index (χ4n) is 2.64. The minimum Gasteiger partial charge on any atom is -0.463 e. The van der Waals surface area contributed by atoms with Crippen LogP contribution < -0.4 is 5.32 Å². The Bertz CT molecular complexity index is 689. The second kappa shape index (κ2) is 8.89. The van der Waals surface area contributed by atoms with Crippen molar-refractivity contribution >= 4 is 17.8 Å². The maximum absolute atomic E-state index is 12.2. The van der Waals surface area contributed by atoms with Gasteiger partial charge in [-0.1, -0.05) is 0 Å². The van der Waals surface area contributed by atoms with Gasteiger partial charge in [-0.3, -0.25) is 14.5 Å². The van der Waals surface area contributed by atoms with E-state index in [2.05, 4.69) is 4.74 Å². The lowest BCUT2D eigenvalue weighted by Gasteiger charge is -2.21. The molecule has 1 fully saturated rings. The van der Waals surface area contributed by atoms with Crippen LogP contribution in [-0.4, -0.2) is 73.6 Å². The number of methoxy groups -OCH3 is 1. The number of rotatable bonds is 5. The molecule has 2 amide bonds. The van der Waals surface area contributed by atoms with Gasteiger partial charge in [-0.2, -0.15) is 13.2 Å². The molecule has 1 saturated heterocycles. The molecule has 1 N–H and O–H groups in total. The first-order valence-electron chi connectivity index (χ1n) is 8.23. The first-order chi connectivity index (χ1) is 12.7. The molecule has 0 spiro atoms. The Hall–Kier alpha value is -2.56. The molecule has 8 nitrogen and oxygen atoms in total. The molecule has 2 rings (SSSR count). The molecule has 1 aliphatic rings. The molecule has 0 radical (unpaired) electrons. The van der Waals surface area contributed by atoms with Gasteiger partial charge in [-0.15, -0.1) is 0 Å². The highest BCUT2D eigenvalue weighted by molar-refractivity contribution is 5.87. The lowest BCUT2D eigenvalue weighted by Crippen LogP contribution is -2.45. The zero-order chi connectivity index (χ0) is 20.0. The molecule has 1 aromatic heterocycles. The molecule has 0 atom stereocenters. The molecule has 0 aromatic carbocycles. The molecule has 2 heterocycles. The van der Waals surface area contributed by atoms with Crippen molar-refractivity contribution in [1.82, 2.24) is 15.1 Å². The number of nitrogens with one attached hydrogen (secondary N) is 1. The van der Waals surface area contributed by atoms with E-state index in [0.29, 0.717) is 44.9 Å². The van der Waals surface area contributed by atoms with E-state index < -0.39 is 30.5 Å². The van der Waals surface area contributed by atoms with Crippen molar-refractivity contribution < 1.29 is 36.7 Å². The van der Waals surface area contributed by atoms with E-state index >= 15 is 0 Å². The fraction of sp³-hybridized carbons (Fsp3) is 0.562. The van der Waals surface area contributed by atoms with E-state index in [4.69, 9.17) is 4.42 Å². The van der Waals surface area contributed by atoms with Crippen molar-refractivity contribution in [2.45, 2.75) is 19.1 Å². The highest BCUT2D eigenvalue weighted by Gasteiger charge is 2.38. The van der Waals surface area contributed by atoms with Crippen LogP contribution in [0.1, 0.15) is 22.7 Å². The third-order valence-corrected chi connectivity index (χ3v) is 4.03. The Labute approximate surface area is 153 Å². The largest absolute Gasteiger partial charge is 0.471 e. The summed E-state index contributed by atoms with van der Waals surface area (Å²) in [6.07, 6.45) is -4.40. The van der Waals surface area contributed by atoms with Crippen molar-refractivity contribution in [3.63, 3.8) is 0 Å². The van der Waals surface area contributed by atoms with Crippen LogP contribution in [0.3, 0.4) is 0 Å². The normalized spacial score (nSPS) is 15.9. The smallest absolute Gasteiger partial charge is 0.463 e. The molecule has 0 unspecified atom stereocenters. The number of nitrogens with zero attached hydrogens (tertiary/aromatic N) is 2. The van der Waals surface area contributed by atoms with Crippen LogP contribution in [0.15, 0.2) is 16.5 Å². The zero-order valence-corrected chi connectivity index (χ0v) is 14.7. The summed E-state index contributed by atoms with van der Waals surface area (Å²) in [4.78, 5) is 37.6. The number of hydrogen-bond acceptors (Lipinski definition) is 6. The molecule has 0 saturated carbocycles. The summed E-state index contributed by atoms with van der Waals surface area (Å²) in [5, 5.41) is 1.58. The van der Waals surface area contributed by atoms with Gasteiger partial charge in [0.05, 0.1) is 20.2 Å². The van der Waals surface area contributed by atoms with E-state index in [-0.39, 0.29) is 5.76 Å². The van der Waals surface area contributed by atoms with Gasteiger partial charge in [-0.05, 0) is 18.6 Å². The lowest BCUT2D eigenvalue weighted by atomic mass is 10.3. The lowest BCUT2D eigenvalue weighted by molar-refractivity contribution is -0.174. The number of hydrogen-bond donors (Lipinski definition) is 1. The minimum absolute atomic E-state index is 0.0968. The average molecular weight is 391 g/mol. The van der Waals surface area contributed by atoms with E-state index in [9.17, 15) is 27.6 Å². The molecular formula is C16H20F3N3O5. The van der Waals surface area contributed by atoms with Crippen LogP contribution in [0, 0.1) is 0 Å². The average Bonchev–Trinajstić information content (AvgIpc) is 2.95. The molecule has 27 heavy (non-hydrogen) atoms. The minimum atomic E-state index is -5.01. The SMILES string of the molecule is COC(=O)c1ccc(CN2CCCN(C(=O)CNC(=O)C(F)(F)F)CC2)o1. The molecular weight excluding hydrogens is 371 g/mol. The van der Waals surface area contributed by atoms with E-state index in [1.165, 1.54) is 18.1 Å². The second-order valence-corrected chi connectivity index (χ2v) is 5.95. The standard InChI is InChI=1S/C16H20F3N3O5/c1-26-14(24)12-4-3-11(27-12)10-21-5-2-6-22(8-7-21)13(23)9-20-15(25)16(17,18)19/h3-4H,2,5-10H2,1H3,(H,20,25). The van der Waals surface area contributed by atoms with Gasteiger partial charge < -0.3 is 19.4 Å². The van der Waals surface area contributed by atoms with Crippen LogP contribution in [0.5, 0.6) is 0 Å². The molecule has 0 bridgehead atoms. The van der Waals surface area contributed by atoms with Crippen LogP contribution in [0.2, 0.25) is 0 Å². The number of ether oxygens (including phenoxy) is 1. The Morgan fingerprint density at radius 3 is 2.59 bits per heavy atom. The first kappa shape index (κ1) is 20.7. The van der Waals surface area contributed by atoms with Crippen molar-refractivity contribution in [3.05, 3.63) is 23.7 Å². The van der Waals surface area contributed by atoms with Crippen LogP contribution in [-0.2, 0) is 20.9 Å². The number of furan rings is 1. The van der Waals surface area contributed by atoms with Gasteiger partial charge in [-0.25, -0.2) is 4.79 Å². The summed E-state index contributed by atoms with van der Waals surface area (Å²) in [6, 6.07) is 3.17. The summed E-state index contributed by atoms with van der Waals surface area (Å²) in [5.74, 6) is -2.62. The summed E-state index contributed by atoms with van der Waals surface area (Å²) < 4.78 is 46.4. The monoisotopic (exact) mass is 391 g/mol. The van der Waals surface area contributed by atoms with Gasteiger partial charge in [0.15, 0.2) is 0 Å². The second-order valence-electron chi connectivity index (χ2n) is 5.95. The maximum Gasteiger partial charge on any atom is 0.471 e. The third-order valence-electron chi connectivity index (χ3n) is 4.03. The predicted molar refractivity (Wildman–Crippen MR) is 85.6 cm³/mol. The van der Waals surface area contributed by atoms with Crippen LogP contribution in [0.4, 0.5) is 13.2 Å². The Balaban J connectivity index is 1.82.